The molecule has 1 heteroatoms. The first-order valence-electron chi connectivity index (χ1n) is 13.6. The van der Waals surface area contributed by atoms with Crippen molar-refractivity contribution in [1.29, 1.82) is 0 Å². The highest BCUT2D eigenvalue weighted by Gasteiger charge is 2.07. The minimum atomic E-state index is -0.229. The van der Waals surface area contributed by atoms with Crippen molar-refractivity contribution in [3.8, 4) is 23.0 Å². The van der Waals surface area contributed by atoms with Crippen LogP contribution in [-0.2, 0) is 12.8 Å². The second kappa shape index (κ2) is 13.1. The second-order valence-electron chi connectivity index (χ2n) is 9.77. The molecular weight excluding hydrogens is 439 g/mol. The van der Waals surface area contributed by atoms with Crippen LogP contribution in [0.25, 0.3) is 21.9 Å². The van der Waals surface area contributed by atoms with E-state index in [2.05, 4.69) is 74.2 Å². The molecule has 0 aliphatic rings. The average molecular weight is 477 g/mol. The van der Waals surface area contributed by atoms with E-state index in [0.29, 0.717) is 10.9 Å². The molecule has 0 nitrogen and oxygen atoms in total. The van der Waals surface area contributed by atoms with Gasteiger partial charge in [-0.3, -0.25) is 0 Å². The summed E-state index contributed by atoms with van der Waals surface area (Å²) in [6.45, 7) is 4.46. The molecular formula is C35H37F. The second-order valence-corrected chi connectivity index (χ2v) is 9.77. The van der Waals surface area contributed by atoms with Gasteiger partial charge in [-0.25, -0.2) is 4.39 Å². The summed E-state index contributed by atoms with van der Waals surface area (Å²) < 4.78 is 15.2. The number of hydrogen-bond donors (Lipinski definition) is 0. The monoisotopic (exact) mass is 476 g/mol. The van der Waals surface area contributed by atoms with Gasteiger partial charge in [0.25, 0.3) is 0 Å². The SMILES string of the molecule is CCCCCCc1ccc2c(F)c(C#Cc3ccc(-c4ccc(CCCCC)cc4)cc3)ccc2c1. The highest BCUT2D eigenvalue weighted by molar-refractivity contribution is 5.85. The number of unbranched alkanes of at least 4 members (excludes halogenated alkanes) is 5. The fourth-order valence-electron chi connectivity index (χ4n) is 4.68. The van der Waals surface area contributed by atoms with E-state index in [1.165, 1.54) is 67.2 Å². The van der Waals surface area contributed by atoms with Crippen molar-refractivity contribution in [1.82, 2.24) is 0 Å². The van der Waals surface area contributed by atoms with E-state index < -0.39 is 0 Å². The van der Waals surface area contributed by atoms with Crippen LogP contribution < -0.4 is 0 Å². The lowest BCUT2D eigenvalue weighted by Crippen LogP contribution is -1.90. The van der Waals surface area contributed by atoms with E-state index in [-0.39, 0.29) is 5.82 Å². The Hall–Kier alpha value is -3.37. The van der Waals surface area contributed by atoms with Gasteiger partial charge < -0.3 is 0 Å². The van der Waals surface area contributed by atoms with Crippen LogP contribution in [0.3, 0.4) is 0 Å². The van der Waals surface area contributed by atoms with Gasteiger partial charge in [-0.2, -0.15) is 0 Å². The molecule has 36 heavy (non-hydrogen) atoms. The summed E-state index contributed by atoms with van der Waals surface area (Å²) in [5.74, 6) is 5.97. The topological polar surface area (TPSA) is 0 Å². The van der Waals surface area contributed by atoms with Gasteiger partial charge >= 0.3 is 0 Å². The largest absolute Gasteiger partial charge is 0.205 e. The Bertz CT molecular complexity index is 1320. The minimum Gasteiger partial charge on any atom is -0.205 e. The number of rotatable bonds is 10. The molecule has 4 rings (SSSR count). The number of hydrogen-bond acceptors (Lipinski definition) is 0. The van der Waals surface area contributed by atoms with Crippen molar-refractivity contribution in [2.45, 2.75) is 71.6 Å². The average Bonchev–Trinajstić information content (AvgIpc) is 2.92. The predicted octanol–water partition coefficient (Wildman–Crippen LogP) is 9.90. The van der Waals surface area contributed by atoms with E-state index in [4.69, 9.17) is 0 Å². The van der Waals surface area contributed by atoms with Crippen LogP contribution >= 0.6 is 0 Å². The van der Waals surface area contributed by atoms with E-state index in [9.17, 15) is 0 Å². The van der Waals surface area contributed by atoms with Gasteiger partial charge in [0, 0.05) is 10.9 Å². The summed E-state index contributed by atoms with van der Waals surface area (Å²) in [6, 6.07) is 27.0. The summed E-state index contributed by atoms with van der Waals surface area (Å²) in [6.07, 6.45) is 10.9. The summed E-state index contributed by atoms with van der Waals surface area (Å²) in [4.78, 5) is 0. The fraction of sp³-hybridized carbons (Fsp3) is 0.314. The van der Waals surface area contributed by atoms with Crippen molar-refractivity contribution >= 4 is 10.8 Å². The summed E-state index contributed by atoms with van der Waals surface area (Å²) >= 11 is 0. The van der Waals surface area contributed by atoms with Crippen molar-refractivity contribution in [2.24, 2.45) is 0 Å². The maximum Gasteiger partial charge on any atom is 0.146 e. The van der Waals surface area contributed by atoms with Crippen LogP contribution in [0.1, 0.15) is 81.0 Å². The lowest BCUT2D eigenvalue weighted by molar-refractivity contribution is 0.636. The Balaban J connectivity index is 1.43. The van der Waals surface area contributed by atoms with Crippen molar-refractivity contribution in [3.05, 3.63) is 107 Å². The molecule has 4 aromatic carbocycles. The van der Waals surface area contributed by atoms with Crippen LogP contribution in [0, 0.1) is 17.7 Å². The number of halogens is 1. The lowest BCUT2D eigenvalue weighted by atomic mass is 9.99. The standard InChI is InChI=1S/C35H37F/c1-3-5-7-9-11-29-17-25-34-33(26-29)24-23-32(35(34)36)22-16-28-14-20-31(21-15-28)30-18-12-27(13-19-30)10-8-6-4-2/h12-15,17-21,23-26H,3-11H2,1-2H3. The molecule has 4 aromatic rings. The van der Waals surface area contributed by atoms with Gasteiger partial charge in [-0.1, -0.05) is 118 Å². The molecule has 0 saturated carbocycles. The third-order valence-corrected chi connectivity index (χ3v) is 6.92. The molecule has 0 bridgehead atoms. The minimum absolute atomic E-state index is 0.229. The normalized spacial score (nSPS) is 10.9. The van der Waals surface area contributed by atoms with Crippen molar-refractivity contribution < 1.29 is 4.39 Å². The smallest absolute Gasteiger partial charge is 0.146 e. The maximum atomic E-state index is 15.2. The zero-order valence-electron chi connectivity index (χ0n) is 21.7. The molecule has 0 heterocycles. The van der Waals surface area contributed by atoms with E-state index in [1.54, 1.807) is 0 Å². The first-order chi connectivity index (χ1) is 17.7. The van der Waals surface area contributed by atoms with Crippen molar-refractivity contribution in [3.63, 3.8) is 0 Å². The van der Waals surface area contributed by atoms with Crippen LogP contribution in [0.5, 0.6) is 0 Å². The van der Waals surface area contributed by atoms with Crippen LogP contribution in [0.4, 0.5) is 4.39 Å². The van der Waals surface area contributed by atoms with Crippen LogP contribution in [0.2, 0.25) is 0 Å². The molecule has 0 aromatic heterocycles. The quantitative estimate of drug-likeness (QED) is 0.158. The molecule has 0 spiro atoms. The predicted molar refractivity (Wildman–Crippen MR) is 153 cm³/mol. The third kappa shape index (κ3) is 6.86. The molecule has 0 saturated heterocycles. The van der Waals surface area contributed by atoms with Crippen LogP contribution in [-0.4, -0.2) is 0 Å². The van der Waals surface area contributed by atoms with Gasteiger partial charge in [0.15, 0.2) is 0 Å². The van der Waals surface area contributed by atoms with Crippen LogP contribution in [0.15, 0.2) is 78.9 Å². The Kier molecular flexibility index (Phi) is 9.34. The van der Waals surface area contributed by atoms with Gasteiger partial charge in [0.05, 0.1) is 5.56 Å². The van der Waals surface area contributed by atoms with Gasteiger partial charge in [0.2, 0.25) is 0 Å². The molecule has 184 valence electrons. The maximum absolute atomic E-state index is 15.2. The molecule has 0 unspecified atom stereocenters. The highest BCUT2D eigenvalue weighted by atomic mass is 19.1. The first kappa shape index (κ1) is 25.7. The molecule has 0 atom stereocenters. The van der Waals surface area contributed by atoms with E-state index >= 15 is 4.39 Å². The molecule has 0 radical (unpaired) electrons. The molecule has 0 amide bonds. The highest BCUT2D eigenvalue weighted by Crippen LogP contribution is 2.24. The zero-order valence-corrected chi connectivity index (χ0v) is 21.7. The fourth-order valence-corrected chi connectivity index (χ4v) is 4.68. The van der Waals surface area contributed by atoms with E-state index in [1.807, 2.05) is 30.3 Å². The Morgan fingerprint density at radius 2 is 1.19 bits per heavy atom. The Morgan fingerprint density at radius 3 is 1.92 bits per heavy atom. The number of fused-ring (bicyclic) bond motifs is 1. The summed E-state index contributed by atoms with van der Waals surface area (Å²) in [7, 11) is 0. The Morgan fingerprint density at radius 1 is 0.583 bits per heavy atom. The zero-order chi connectivity index (χ0) is 25.2. The Labute approximate surface area is 216 Å². The molecule has 0 aliphatic heterocycles. The first-order valence-corrected chi connectivity index (χ1v) is 13.6. The van der Waals surface area contributed by atoms with Crippen molar-refractivity contribution in [2.75, 3.05) is 0 Å². The molecule has 0 aliphatic carbocycles. The molecule has 0 fully saturated rings. The van der Waals surface area contributed by atoms with Gasteiger partial charge in [0.1, 0.15) is 5.82 Å². The van der Waals surface area contributed by atoms with Gasteiger partial charge in [-0.05, 0) is 71.5 Å². The number of aryl methyl sites for hydroxylation is 2. The molecule has 0 N–H and O–H groups in total. The summed E-state index contributed by atoms with van der Waals surface area (Å²) in [5.41, 5.74) is 6.39. The van der Waals surface area contributed by atoms with Gasteiger partial charge in [-0.15, -0.1) is 0 Å². The third-order valence-electron chi connectivity index (χ3n) is 6.92. The lowest BCUT2D eigenvalue weighted by Gasteiger charge is -2.06. The number of benzene rings is 4. The van der Waals surface area contributed by atoms with E-state index in [0.717, 1.165) is 23.8 Å². The summed E-state index contributed by atoms with van der Waals surface area (Å²) in [5, 5.41) is 1.60.